The second-order valence-corrected chi connectivity index (χ2v) is 4.49. The van der Waals surface area contributed by atoms with Gasteiger partial charge in [-0.1, -0.05) is 31.9 Å². The van der Waals surface area contributed by atoms with Crippen molar-refractivity contribution in [3.8, 4) is 0 Å². The lowest BCUT2D eigenvalue weighted by atomic mass is 9.72. The zero-order valence-corrected chi connectivity index (χ0v) is 8.83. The summed E-state index contributed by atoms with van der Waals surface area (Å²) in [5, 5.41) is 2.97. The van der Waals surface area contributed by atoms with Crippen LogP contribution in [0.5, 0.6) is 0 Å². The van der Waals surface area contributed by atoms with Crippen LogP contribution in [-0.4, -0.2) is 6.54 Å². The maximum absolute atomic E-state index is 10.1. The van der Waals surface area contributed by atoms with Gasteiger partial charge in [-0.15, -0.1) is 0 Å². The molecule has 3 atom stereocenters. The molecule has 0 radical (unpaired) electrons. The van der Waals surface area contributed by atoms with Crippen LogP contribution in [0.3, 0.4) is 0 Å². The molecule has 0 amide bonds. The second kappa shape index (κ2) is 5.36. The Hall–Kier alpha value is -0.400. The Morgan fingerprint density at radius 3 is 2.69 bits per heavy atom. The molecule has 1 fully saturated rings. The molecule has 1 rings (SSSR count). The van der Waals surface area contributed by atoms with E-state index in [1.165, 1.54) is 25.7 Å². The van der Waals surface area contributed by atoms with Crippen LogP contribution in [-0.2, 0) is 0 Å². The maximum Gasteiger partial charge on any atom is 0.0813 e. The summed E-state index contributed by atoms with van der Waals surface area (Å²) < 4.78 is 0. The molecule has 1 saturated carbocycles. The summed E-state index contributed by atoms with van der Waals surface area (Å²) >= 11 is 0. The highest BCUT2D eigenvalue weighted by molar-refractivity contribution is 4.78. The third kappa shape index (κ3) is 3.09. The van der Waals surface area contributed by atoms with Gasteiger partial charge in [-0.25, -0.2) is 0 Å². The molecule has 1 aliphatic rings. The lowest BCUT2D eigenvalue weighted by Gasteiger charge is -2.34. The van der Waals surface area contributed by atoms with Crippen LogP contribution in [0.1, 0.15) is 46.0 Å². The predicted molar refractivity (Wildman–Crippen MR) is 55.6 cm³/mol. The van der Waals surface area contributed by atoms with Gasteiger partial charge in [0.05, 0.1) is 6.54 Å². The molecule has 0 aromatic carbocycles. The third-order valence-electron chi connectivity index (χ3n) is 3.52. The van der Waals surface area contributed by atoms with Gasteiger partial charge in [0.2, 0.25) is 0 Å². The Morgan fingerprint density at radius 2 is 2.08 bits per heavy atom. The van der Waals surface area contributed by atoms with Gasteiger partial charge in [0, 0.05) is 0 Å². The molecule has 0 aliphatic heterocycles. The van der Waals surface area contributed by atoms with Gasteiger partial charge >= 0.3 is 0 Å². The smallest absolute Gasteiger partial charge is 0.0813 e. The zero-order chi connectivity index (χ0) is 9.68. The number of nitrogens with zero attached hydrogens (tertiary/aromatic N) is 1. The summed E-state index contributed by atoms with van der Waals surface area (Å²) in [5.74, 6) is 2.49. The molecule has 0 saturated heterocycles. The molecule has 0 N–H and O–H groups in total. The van der Waals surface area contributed by atoms with Crippen LogP contribution in [0.4, 0.5) is 0 Å². The van der Waals surface area contributed by atoms with Crippen molar-refractivity contribution < 1.29 is 0 Å². The number of nitroso groups, excluding NO2 is 1. The molecular formula is C11H21NO. The van der Waals surface area contributed by atoms with E-state index >= 15 is 0 Å². The van der Waals surface area contributed by atoms with E-state index in [4.69, 9.17) is 0 Å². The topological polar surface area (TPSA) is 29.4 Å². The van der Waals surface area contributed by atoms with Crippen LogP contribution in [0.2, 0.25) is 0 Å². The van der Waals surface area contributed by atoms with E-state index in [9.17, 15) is 4.91 Å². The lowest BCUT2D eigenvalue weighted by Crippen LogP contribution is -2.23. The van der Waals surface area contributed by atoms with Gasteiger partial charge in [-0.2, -0.15) is 4.91 Å². The van der Waals surface area contributed by atoms with Gasteiger partial charge in [0.1, 0.15) is 0 Å². The van der Waals surface area contributed by atoms with Crippen molar-refractivity contribution >= 4 is 0 Å². The summed E-state index contributed by atoms with van der Waals surface area (Å²) in [6, 6.07) is 0. The largest absolute Gasteiger partial charge is 0.151 e. The third-order valence-corrected chi connectivity index (χ3v) is 3.52. The van der Waals surface area contributed by atoms with Crippen molar-refractivity contribution in [2.45, 2.75) is 46.0 Å². The van der Waals surface area contributed by atoms with E-state index in [-0.39, 0.29) is 0 Å². The molecule has 1 aliphatic carbocycles. The second-order valence-electron chi connectivity index (χ2n) is 4.49. The monoisotopic (exact) mass is 183 g/mol. The predicted octanol–water partition coefficient (Wildman–Crippen LogP) is 3.61. The van der Waals surface area contributed by atoms with Crippen molar-refractivity contribution in [2.24, 2.45) is 22.9 Å². The average Bonchev–Trinajstić information content (AvgIpc) is 2.15. The highest BCUT2D eigenvalue weighted by Gasteiger charge is 2.26. The first kappa shape index (κ1) is 10.7. The fraction of sp³-hybridized carbons (Fsp3) is 1.00. The first-order valence-corrected chi connectivity index (χ1v) is 5.57. The number of rotatable bonds is 4. The number of hydrogen-bond acceptors (Lipinski definition) is 2. The fourth-order valence-electron chi connectivity index (χ4n) is 2.67. The molecule has 0 heterocycles. The fourth-order valence-corrected chi connectivity index (χ4v) is 2.67. The van der Waals surface area contributed by atoms with Crippen molar-refractivity contribution in [2.75, 3.05) is 6.54 Å². The summed E-state index contributed by atoms with van der Waals surface area (Å²) in [4.78, 5) is 10.1. The van der Waals surface area contributed by atoms with E-state index in [0.29, 0.717) is 6.54 Å². The Morgan fingerprint density at radius 1 is 1.31 bits per heavy atom. The first-order valence-electron chi connectivity index (χ1n) is 5.57. The van der Waals surface area contributed by atoms with Gasteiger partial charge in [0.15, 0.2) is 0 Å². The first-order chi connectivity index (χ1) is 6.27. The van der Waals surface area contributed by atoms with Crippen molar-refractivity contribution in [3.63, 3.8) is 0 Å². The van der Waals surface area contributed by atoms with Gasteiger partial charge in [-0.05, 0) is 37.0 Å². The molecule has 3 unspecified atom stereocenters. The average molecular weight is 183 g/mol. The zero-order valence-electron chi connectivity index (χ0n) is 8.83. The van der Waals surface area contributed by atoms with Crippen LogP contribution in [0.15, 0.2) is 5.18 Å². The van der Waals surface area contributed by atoms with Crippen molar-refractivity contribution in [1.29, 1.82) is 0 Å². The van der Waals surface area contributed by atoms with E-state index < -0.39 is 0 Å². The van der Waals surface area contributed by atoms with Gasteiger partial charge < -0.3 is 0 Å². The molecule has 76 valence electrons. The molecule has 2 heteroatoms. The summed E-state index contributed by atoms with van der Waals surface area (Å²) in [6.07, 6.45) is 6.35. The minimum Gasteiger partial charge on any atom is -0.151 e. The minimum absolute atomic E-state index is 0.522. The highest BCUT2D eigenvalue weighted by atomic mass is 16.3. The van der Waals surface area contributed by atoms with E-state index in [0.717, 1.165) is 24.2 Å². The molecule has 0 bridgehead atoms. The molecule has 0 aromatic heterocycles. The van der Waals surface area contributed by atoms with E-state index in [1.54, 1.807) is 0 Å². The standard InChI is InChI=1S/C11H21NO/c1-3-10-5-4-9(2)8-11(10)6-7-12-13/h9-11H,3-8H2,1-2H3. The Labute approximate surface area is 81.1 Å². The van der Waals surface area contributed by atoms with Crippen LogP contribution >= 0.6 is 0 Å². The van der Waals surface area contributed by atoms with Gasteiger partial charge in [-0.3, -0.25) is 0 Å². The highest BCUT2D eigenvalue weighted by Crippen LogP contribution is 2.37. The molecule has 2 nitrogen and oxygen atoms in total. The van der Waals surface area contributed by atoms with Gasteiger partial charge in [0.25, 0.3) is 0 Å². The molecule has 0 spiro atoms. The Kier molecular flexibility index (Phi) is 4.40. The van der Waals surface area contributed by atoms with Crippen molar-refractivity contribution in [1.82, 2.24) is 0 Å². The Balaban J connectivity index is 2.39. The molecular weight excluding hydrogens is 162 g/mol. The van der Waals surface area contributed by atoms with Crippen LogP contribution < -0.4 is 0 Å². The normalized spacial score (nSPS) is 34.5. The molecule has 13 heavy (non-hydrogen) atoms. The number of hydrogen-bond donors (Lipinski definition) is 0. The summed E-state index contributed by atoms with van der Waals surface area (Å²) in [7, 11) is 0. The van der Waals surface area contributed by atoms with E-state index in [1.807, 2.05) is 0 Å². The van der Waals surface area contributed by atoms with E-state index in [2.05, 4.69) is 19.0 Å². The van der Waals surface area contributed by atoms with Crippen molar-refractivity contribution in [3.05, 3.63) is 4.91 Å². The quantitative estimate of drug-likeness (QED) is 0.612. The minimum atomic E-state index is 0.522. The lowest BCUT2D eigenvalue weighted by molar-refractivity contribution is 0.176. The SMILES string of the molecule is CCC1CCC(C)CC1CCN=O. The Bertz CT molecular complexity index is 158. The summed E-state index contributed by atoms with van der Waals surface area (Å²) in [5.41, 5.74) is 0. The molecule has 0 aromatic rings. The van der Waals surface area contributed by atoms with Crippen LogP contribution in [0, 0.1) is 22.7 Å². The maximum atomic E-state index is 10.1. The van der Waals surface area contributed by atoms with Crippen LogP contribution in [0.25, 0.3) is 0 Å². The summed E-state index contributed by atoms with van der Waals surface area (Å²) in [6.45, 7) is 5.11.